The molecule has 2 aliphatic rings. The first kappa shape index (κ1) is 19.7. The Kier molecular flexibility index (Phi) is 5.73. The molecule has 7 nitrogen and oxygen atoms in total. The van der Waals surface area contributed by atoms with Gasteiger partial charge in [0.15, 0.2) is 10.8 Å². The smallest absolute Gasteiger partial charge is 0.280 e. The van der Waals surface area contributed by atoms with Crippen LogP contribution in [0.15, 0.2) is 24.0 Å². The summed E-state index contributed by atoms with van der Waals surface area (Å²) in [5.74, 6) is 0.0763. The number of fused-ring (bicyclic) bond motifs is 1. The highest BCUT2D eigenvalue weighted by Crippen LogP contribution is 2.26. The van der Waals surface area contributed by atoms with E-state index in [2.05, 4.69) is 31.2 Å². The maximum Gasteiger partial charge on any atom is 0.280 e. The van der Waals surface area contributed by atoms with Gasteiger partial charge in [-0.3, -0.25) is 19.5 Å². The van der Waals surface area contributed by atoms with Crippen molar-refractivity contribution in [2.75, 3.05) is 38.1 Å². The number of amides is 1. The monoisotopic (exact) mass is 411 g/mol. The van der Waals surface area contributed by atoms with Crippen molar-refractivity contribution in [3.63, 3.8) is 0 Å². The van der Waals surface area contributed by atoms with Crippen molar-refractivity contribution < 1.29 is 9.59 Å². The number of hydrogen-bond donors (Lipinski definition) is 1. The summed E-state index contributed by atoms with van der Waals surface area (Å²) < 4.78 is 0. The first-order valence-corrected chi connectivity index (χ1v) is 10.8. The van der Waals surface area contributed by atoms with Crippen LogP contribution in [0.5, 0.6) is 0 Å². The fraction of sp³-hybridized carbons (Fsp3) is 0.429. The molecule has 0 radical (unpaired) electrons. The molecule has 2 aromatic heterocycles. The molecule has 0 aromatic carbocycles. The van der Waals surface area contributed by atoms with Crippen molar-refractivity contribution >= 4 is 34.1 Å². The molecular formula is C21H25N5O2S. The van der Waals surface area contributed by atoms with Gasteiger partial charge in [0.05, 0.1) is 11.9 Å². The molecular weight excluding hydrogens is 386 g/mol. The fourth-order valence-electron chi connectivity index (χ4n) is 3.77. The Hall–Kier alpha value is -2.58. The Labute approximate surface area is 174 Å². The minimum absolute atomic E-state index is 0.140. The topological polar surface area (TPSA) is 78.4 Å². The molecule has 3 heterocycles. The molecule has 1 fully saturated rings. The molecule has 1 aliphatic heterocycles. The number of aromatic nitrogens is 2. The van der Waals surface area contributed by atoms with E-state index in [1.807, 2.05) is 19.2 Å². The summed E-state index contributed by atoms with van der Waals surface area (Å²) in [6, 6.07) is 2.13. The summed E-state index contributed by atoms with van der Waals surface area (Å²) in [5.41, 5.74) is 4.00. The number of ketones is 1. The predicted octanol–water partition coefficient (Wildman–Crippen LogP) is 2.14. The number of thiazole rings is 1. The fourth-order valence-corrected chi connectivity index (χ4v) is 4.68. The zero-order valence-electron chi connectivity index (χ0n) is 16.8. The van der Waals surface area contributed by atoms with E-state index < -0.39 is 0 Å². The second-order valence-corrected chi connectivity index (χ2v) is 8.37. The Morgan fingerprint density at radius 1 is 1.21 bits per heavy atom. The van der Waals surface area contributed by atoms with E-state index in [4.69, 9.17) is 0 Å². The van der Waals surface area contributed by atoms with E-state index in [0.29, 0.717) is 11.4 Å². The molecule has 0 unspecified atom stereocenters. The van der Waals surface area contributed by atoms with E-state index in [1.54, 1.807) is 13.2 Å². The summed E-state index contributed by atoms with van der Waals surface area (Å²) >= 11 is 1.43. The quantitative estimate of drug-likeness (QED) is 0.812. The van der Waals surface area contributed by atoms with Gasteiger partial charge in [-0.2, -0.15) is 0 Å². The largest absolute Gasteiger partial charge is 0.360 e. The number of nitrogens with zero attached hydrogens (tertiary/aromatic N) is 4. The maximum absolute atomic E-state index is 12.2. The number of Topliss-reactive ketones (excluding diaryl/α,β-unsaturated/α-hetero) is 1. The van der Waals surface area contributed by atoms with Crippen molar-refractivity contribution in [2.45, 2.75) is 26.3 Å². The number of piperazine rings is 1. The molecule has 1 saturated heterocycles. The molecule has 0 spiro atoms. The summed E-state index contributed by atoms with van der Waals surface area (Å²) in [7, 11) is 1.62. The first-order valence-electron chi connectivity index (χ1n) is 9.94. The number of rotatable bonds is 5. The highest BCUT2D eigenvalue weighted by molar-refractivity contribution is 7.17. The van der Waals surface area contributed by atoms with Crippen LogP contribution in [0, 0.1) is 0 Å². The van der Waals surface area contributed by atoms with E-state index in [0.717, 1.165) is 66.5 Å². The lowest BCUT2D eigenvalue weighted by molar-refractivity contribution is -0.115. The van der Waals surface area contributed by atoms with Crippen LogP contribution in [0.4, 0.5) is 5.00 Å². The molecule has 0 bridgehead atoms. The van der Waals surface area contributed by atoms with Crippen LogP contribution in [0.25, 0.3) is 6.08 Å². The number of carbonyl (C=O) groups excluding carboxylic acids is 2. The predicted molar refractivity (Wildman–Crippen MR) is 114 cm³/mol. The third-order valence-corrected chi connectivity index (χ3v) is 6.52. The molecule has 0 saturated carbocycles. The molecule has 152 valence electrons. The van der Waals surface area contributed by atoms with Crippen LogP contribution in [0.3, 0.4) is 0 Å². The molecule has 1 amide bonds. The molecule has 1 aliphatic carbocycles. The van der Waals surface area contributed by atoms with E-state index in [9.17, 15) is 9.59 Å². The van der Waals surface area contributed by atoms with Gasteiger partial charge in [-0.05, 0) is 29.2 Å². The van der Waals surface area contributed by atoms with E-state index >= 15 is 0 Å². The molecule has 8 heteroatoms. The minimum atomic E-state index is -0.140. The summed E-state index contributed by atoms with van der Waals surface area (Å²) in [4.78, 5) is 37.4. The van der Waals surface area contributed by atoms with Gasteiger partial charge in [-0.15, -0.1) is 0 Å². The van der Waals surface area contributed by atoms with Gasteiger partial charge in [0.25, 0.3) is 5.91 Å². The second kappa shape index (κ2) is 8.42. The third kappa shape index (κ3) is 4.23. The van der Waals surface area contributed by atoms with Crippen LogP contribution in [0.1, 0.15) is 40.0 Å². The lowest BCUT2D eigenvalue weighted by Crippen LogP contribution is -2.45. The van der Waals surface area contributed by atoms with Crippen molar-refractivity contribution in [1.29, 1.82) is 0 Å². The molecule has 1 N–H and O–H groups in total. The molecule has 0 atom stereocenters. The summed E-state index contributed by atoms with van der Waals surface area (Å²) in [5, 5.41) is 4.15. The first-order chi connectivity index (χ1) is 14.1. The minimum Gasteiger partial charge on any atom is -0.360 e. The van der Waals surface area contributed by atoms with Gasteiger partial charge < -0.3 is 10.2 Å². The van der Waals surface area contributed by atoms with Crippen molar-refractivity contribution in [3.05, 3.63) is 45.9 Å². The number of allylic oxidation sites excluding steroid dienone is 1. The highest BCUT2D eigenvalue weighted by atomic mass is 32.1. The van der Waals surface area contributed by atoms with E-state index in [-0.39, 0.29) is 11.7 Å². The Morgan fingerprint density at radius 3 is 2.72 bits per heavy atom. The Morgan fingerprint density at radius 2 is 2.00 bits per heavy atom. The second-order valence-electron chi connectivity index (χ2n) is 7.36. The zero-order chi connectivity index (χ0) is 20.4. The number of hydrogen-bond acceptors (Lipinski definition) is 7. The number of nitrogens with one attached hydrogen (secondary N) is 1. The number of pyridine rings is 1. The van der Waals surface area contributed by atoms with Crippen molar-refractivity contribution in [3.8, 4) is 0 Å². The third-order valence-electron chi connectivity index (χ3n) is 5.46. The van der Waals surface area contributed by atoms with Crippen LogP contribution < -0.4 is 10.2 Å². The number of carbonyl (C=O) groups is 2. The van der Waals surface area contributed by atoms with Crippen LogP contribution in [-0.2, 0) is 17.8 Å². The lowest BCUT2D eigenvalue weighted by Gasteiger charge is -2.35. The molecule has 2 aromatic rings. The Bertz CT molecular complexity index is 960. The Balaban J connectivity index is 1.36. The van der Waals surface area contributed by atoms with Crippen molar-refractivity contribution in [2.24, 2.45) is 0 Å². The van der Waals surface area contributed by atoms with Gasteiger partial charge in [0, 0.05) is 52.4 Å². The SMILES string of the molecule is CCC1=Cc2ncc(CN3CCN(c4cnc(C(=O)NC)s4)CC3)cc2CC1=O. The average Bonchev–Trinajstić information content (AvgIpc) is 3.23. The van der Waals surface area contributed by atoms with Gasteiger partial charge in [0.1, 0.15) is 5.00 Å². The van der Waals surface area contributed by atoms with Crippen molar-refractivity contribution in [1.82, 2.24) is 20.2 Å². The molecule has 29 heavy (non-hydrogen) atoms. The maximum atomic E-state index is 12.2. The summed E-state index contributed by atoms with van der Waals surface area (Å²) in [6.07, 6.45) is 6.88. The van der Waals surface area contributed by atoms with Crippen LogP contribution in [0.2, 0.25) is 0 Å². The van der Waals surface area contributed by atoms with Crippen LogP contribution >= 0.6 is 11.3 Å². The lowest BCUT2D eigenvalue weighted by atomic mass is 9.92. The molecule has 4 rings (SSSR count). The van der Waals surface area contributed by atoms with Crippen LogP contribution in [-0.4, -0.2) is 59.8 Å². The zero-order valence-corrected chi connectivity index (χ0v) is 17.6. The van der Waals surface area contributed by atoms with Gasteiger partial charge in [-0.25, -0.2) is 4.98 Å². The normalized spacial score (nSPS) is 17.1. The number of anilines is 1. The average molecular weight is 412 g/mol. The van der Waals surface area contributed by atoms with E-state index in [1.165, 1.54) is 11.3 Å². The van der Waals surface area contributed by atoms with Gasteiger partial charge >= 0.3 is 0 Å². The van der Waals surface area contributed by atoms with Gasteiger partial charge in [-0.1, -0.05) is 24.3 Å². The van der Waals surface area contributed by atoms with Gasteiger partial charge in [0.2, 0.25) is 0 Å². The highest BCUT2D eigenvalue weighted by Gasteiger charge is 2.22. The summed E-state index contributed by atoms with van der Waals surface area (Å²) in [6.45, 7) is 6.50. The standard InChI is InChI=1S/C21H25N5O2S/c1-3-15-9-17-16(10-18(15)27)8-14(11-23-17)13-25-4-6-26(7-5-25)19-12-24-21(29-19)20(28)22-2/h8-9,11-12H,3-7,10,13H2,1-2H3,(H,22,28).